The SMILES string of the molecule is CC(C)(C#N)CNCc1cccnc1Cl. The number of nitrogens with one attached hydrogen (secondary N) is 1. The Morgan fingerprint density at radius 2 is 2.33 bits per heavy atom. The van der Waals surface area contributed by atoms with Gasteiger partial charge >= 0.3 is 0 Å². The smallest absolute Gasteiger partial charge is 0.133 e. The highest BCUT2D eigenvalue weighted by Gasteiger charge is 2.15. The first kappa shape index (κ1) is 12.0. The van der Waals surface area contributed by atoms with Crippen LogP contribution in [0.25, 0.3) is 0 Å². The van der Waals surface area contributed by atoms with Crippen molar-refractivity contribution in [1.29, 1.82) is 5.26 Å². The summed E-state index contributed by atoms with van der Waals surface area (Å²) >= 11 is 5.89. The van der Waals surface area contributed by atoms with Crippen molar-refractivity contribution < 1.29 is 0 Å². The summed E-state index contributed by atoms with van der Waals surface area (Å²) in [6.07, 6.45) is 1.66. The molecule has 1 aromatic heterocycles. The molecule has 0 amide bonds. The van der Waals surface area contributed by atoms with Gasteiger partial charge in [-0.1, -0.05) is 17.7 Å². The molecule has 0 spiro atoms. The van der Waals surface area contributed by atoms with Crippen molar-refractivity contribution in [2.45, 2.75) is 20.4 Å². The number of rotatable bonds is 4. The lowest BCUT2D eigenvalue weighted by Gasteiger charge is -2.15. The summed E-state index contributed by atoms with van der Waals surface area (Å²) in [5.74, 6) is 0. The van der Waals surface area contributed by atoms with Crippen molar-refractivity contribution in [3.63, 3.8) is 0 Å². The van der Waals surface area contributed by atoms with Crippen LogP contribution in [0.4, 0.5) is 0 Å². The second-order valence-electron chi connectivity index (χ2n) is 4.05. The van der Waals surface area contributed by atoms with Crippen LogP contribution in [-0.4, -0.2) is 11.5 Å². The van der Waals surface area contributed by atoms with Crippen LogP contribution in [0.5, 0.6) is 0 Å². The highest BCUT2D eigenvalue weighted by molar-refractivity contribution is 6.30. The van der Waals surface area contributed by atoms with Crippen molar-refractivity contribution in [3.05, 3.63) is 29.0 Å². The maximum Gasteiger partial charge on any atom is 0.133 e. The molecule has 0 aliphatic carbocycles. The van der Waals surface area contributed by atoms with Gasteiger partial charge in [-0.05, 0) is 19.9 Å². The van der Waals surface area contributed by atoms with E-state index < -0.39 is 0 Å². The minimum absolute atomic E-state index is 0.352. The fourth-order valence-corrected chi connectivity index (χ4v) is 1.29. The lowest BCUT2D eigenvalue weighted by atomic mass is 9.96. The van der Waals surface area contributed by atoms with Gasteiger partial charge in [-0.3, -0.25) is 0 Å². The molecule has 0 unspecified atom stereocenters. The third kappa shape index (κ3) is 3.86. The summed E-state index contributed by atoms with van der Waals surface area (Å²) in [5.41, 5.74) is 0.599. The van der Waals surface area contributed by atoms with Crippen molar-refractivity contribution in [2.75, 3.05) is 6.54 Å². The van der Waals surface area contributed by atoms with Crippen LogP contribution in [0.15, 0.2) is 18.3 Å². The van der Waals surface area contributed by atoms with E-state index in [9.17, 15) is 0 Å². The Morgan fingerprint density at radius 1 is 1.60 bits per heavy atom. The molecule has 0 radical (unpaired) electrons. The largest absolute Gasteiger partial charge is 0.311 e. The maximum absolute atomic E-state index is 8.82. The van der Waals surface area contributed by atoms with Gasteiger partial charge in [0.05, 0.1) is 11.5 Å². The van der Waals surface area contributed by atoms with E-state index >= 15 is 0 Å². The van der Waals surface area contributed by atoms with Crippen molar-refractivity contribution in [2.24, 2.45) is 5.41 Å². The average Bonchev–Trinajstić information content (AvgIpc) is 2.21. The molecule has 1 N–H and O–H groups in total. The minimum Gasteiger partial charge on any atom is -0.311 e. The van der Waals surface area contributed by atoms with Gasteiger partial charge in [-0.2, -0.15) is 5.26 Å². The van der Waals surface area contributed by atoms with Gasteiger partial charge in [0.1, 0.15) is 5.15 Å². The Labute approximate surface area is 95.1 Å². The quantitative estimate of drug-likeness (QED) is 0.798. The van der Waals surface area contributed by atoms with Crippen LogP contribution in [0.2, 0.25) is 5.15 Å². The lowest BCUT2D eigenvalue weighted by molar-refractivity contribution is 0.445. The standard InChI is InChI=1S/C11H14ClN3/c1-11(2,7-13)8-14-6-9-4-3-5-15-10(9)12/h3-5,14H,6,8H2,1-2H3. The number of nitrogens with zero attached hydrogens (tertiary/aromatic N) is 2. The maximum atomic E-state index is 8.82. The van der Waals surface area contributed by atoms with Crippen LogP contribution < -0.4 is 5.32 Å². The Morgan fingerprint density at radius 3 is 2.93 bits per heavy atom. The molecule has 0 aliphatic rings. The van der Waals surface area contributed by atoms with Gasteiger partial charge in [-0.25, -0.2) is 4.98 Å². The van der Waals surface area contributed by atoms with Gasteiger partial charge < -0.3 is 5.32 Å². The summed E-state index contributed by atoms with van der Waals surface area (Å²) in [5, 5.41) is 12.5. The number of pyridine rings is 1. The van der Waals surface area contributed by atoms with Crippen LogP contribution in [0, 0.1) is 16.7 Å². The van der Waals surface area contributed by atoms with Gasteiger partial charge in [0.15, 0.2) is 0 Å². The number of aromatic nitrogens is 1. The molecule has 0 bridgehead atoms. The second-order valence-corrected chi connectivity index (χ2v) is 4.41. The van der Waals surface area contributed by atoms with E-state index in [1.54, 1.807) is 6.20 Å². The third-order valence-electron chi connectivity index (χ3n) is 2.02. The van der Waals surface area contributed by atoms with Crippen molar-refractivity contribution >= 4 is 11.6 Å². The molecule has 15 heavy (non-hydrogen) atoms. The molecule has 1 aromatic rings. The number of nitriles is 1. The van der Waals surface area contributed by atoms with E-state index in [-0.39, 0.29) is 5.41 Å². The number of hydrogen-bond acceptors (Lipinski definition) is 3. The average molecular weight is 224 g/mol. The molecule has 1 heterocycles. The van der Waals surface area contributed by atoms with Gasteiger partial charge in [-0.15, -0.1) is 0 Å². The molecule has 0 fully saturated rings. The third-order valence-corrected chi connectivity index (χ3v) is 2.36. The monoisotopic (exact) mass is 223 g/mol. The first-order valence-electron chi connectivity index (χ1n) is 4.76. The van der Waals surface area contributed by atoms with E-state index in [1.807, 2.05) is 26.0 Å². The predicted molar refractivity (Wildman–Crippen MR) is 60.3 cm³/mol. The zero-order chi connectivity index (χ0) is 11.3. The molecule has 3 nitrogen and oxygen atoms in total. The summed E-state index contributed by atoms with van der Waals surface area (Å²) < 4.78 is 0. The van der Waals surface area contributed by atoms with Gasteiger partial charge in [0.25, 0.3) is 0 Å². The predicted octanol–water partition coefficient (Wildman–Crippen LogP) is 2.37. The zero-order valence-corrected chi connectivity index (χ0v) is 9.67. The normalized spacial score (nSPS) is 11.1. The topological polar surface area (TPSA) is 48.7 Å². The van der Waals surface area contributed by atoms with E-state index in [2.05, 4.69) is 16.4 Å². The summed E-state index contributed by atoms with van der Waals surface area (Å²) in [7, 11) is 0. The Balaban J connectivity index is 2.46. The van der Waals surface area contributed by atoms with Crippen molar-refractivity contribution in [1.82, 2.24) is 10.3 Å². The molecule has 0 aliphatic heterocycles. The lowest BCUT2D eigenvalue weighted by Crippen LogP contribution is -2.27. The molecule has 0 aromatic carbocycles. The van der Waals surface area contributed by atoms with E-state index in [0.717, 1.165) is 5.56 Å². The molecule has 0 saturated carbocycles. The second kappa shape index (κ2) is 5.11. The summed E-state index contributed by atoms with van der Waals surface area (Å²) in [4.78, 5) is 3.97. The summed E-state index contributed by atoms with van der Waals surface area (Å²) in [6, 6.07) is 6.00. The fraction of sp³-hybridized carbons (Fsp3) is 0.455. The van der Waals surface area contributed by atoms with E-state index in [0.29, 0.717) is 18.2 Å². The zero-order valence-electron chi connectivity index (χ0n) is 8.92. The Bertz CT molecular complexity index is 368. The van der Waals surface area contributed by atoms with Gasteiger partial charge in [0, 0.05) is 24.8 Å². The first-order valence-corrected chi connectivity index (χ1v) is 5.14. The van der Waals surface area contributed by atoms with Gasteiger partial charge in [0.2, 0.25) is 0 Å². The fourth-order valence-electron chi connectivity index (χ4n) is 1.10. The van der Waals surface area contributed by atoms with E-state index in [1.165, 1.54) is 0 Å². The summed E-state index contributed by atoms with van der Waals surface area (Å²) in [6.45, 7) is 5.06. The minimum atomic E-state index is -0.352. The van der Waals surface area contributed by atoms with Crippen LogP contribution in [0.1, 0.15) is 19.4 Å². The molecular formula is C11H14ClN3. The van der Waals surface area contributed by atoms with Crippen LogP contribution >= 0.6 is 11.6 Å². The Hall–Kier alpha value is -1.11. The molecule has 0 atom stereocenters. The number of hydrogen-bond donors (Lipinski definition) is 1. The molecule has 1 rings (SSSR count). The number of halogens is 1. The highest BCUT2D eigenvalue weighted by Crippen LogP contribution is 2.13. The highest BCUT2D eigenvalue weighted by atomic mass is 35.5. The molecule has 0 saturated heterocycles. The van der Waals surface area contributed by atoms with Crippen LogP contribution in [-0.2, 0) is 6.54 Å². The molecular weight excluding hydrogens is 210 g/mol. The molecule has 4 heteroatoms. The molecule has 80 valence electrons. The van der Waals surface area contributed by atoms with Crippen molar-refractivity contribution in [3.8, 4) is 6.07 Å². The first-order chi connectivity index (χ1) is 7.05. The Kier molecular flexibility index (Phi) is 4.07. The van der Waals surface area contributed by atoms with E-state index in [4.69, 9.17) is 16.9 Å². The van der Waals surface area contributed by atoms with Crippen LogP contribution in [0.3, 0.4) is 0 Å².